The van der Waals surface area contributed by atoms with E-state index in [0.717, 1.165) is 0 Å². The maximum atomic E-state index is 12.6. The molecule has 3 N–H and O–H groups in total. The zero-order valence-electron chi connectivity index (χ0n) is 8.89. The van der Waals surface area contributed by atoms with Crippen molar-refractivity contribution in [2.24, 2.45) is 0 Å². The van der Waals surface area contributed by atoms with Gasteiger partial charge in [0.2, 0.25) is 0 Å². The molecule has 0 bridgehead atoms. The molecule has 0 spiro atoms. The lowest BCUT2D eigenvalue weighted by atomic mass is 10.1. The number of carbonyl (C=O) groups excluding carboxylic acids is 1. The summed E-state index contributed by atoms with van der Waals surface area (Å²) < 4.78 is 48.8. The van der Waals surface area contributed by atoms with Crippen molar-refractivity contribution < 1.29 is 22.4 Å². The van der Waals surface area contributed by atoms with Crippen molar-refractivity contribution in [2.75, 3.05) is 12.3 Å². The first-order valence-corrected chi connectivity index (χ1v) is 5.11. The molecule has 18 heavy (non-hydrogen) atoms. The molecular weight excluding hydrogens is 276 g/mol. The van der Waals surface area contributed by atoms with Gasteiger partial charge in [0, 0.05) is 10.7 Å². The Morgan fingerprint density at radius 1 is 1.44 bits per heavy atom. The van der Waals surface area contributed by atoms with Crippen LogP contribution in [0.25, 0.3) is 0 Å². The van der Waals surface area contributed by atoms with Crippen molar-refractivity contribution >= 4 is 23.2 Å². The van der Waals surface area contributed by atoms with Crippen LogP contribution in [-0.2, 0) is 0 Å². The first-order valence-electron chi connectivity index (χ1n) is 4.73. The Labute approximate surface area is 105 Å². The van der Waals surface area contributed by atoms with Gasteiger partial charge in [-0.25, -0.2) is 8.78 Å². The molecule has 1 aromatic carbocycles. The number of halogens is 5. The molecular formula is C10H9ClF4N2O. The minimum absolute atomic E-state index is 0.0274. The third-order valence-corrected chi connectivity index (χ3v) is 2.30. The third-order valence-electron chi connectivity index (χ3n) is 2.06. The fourth-order valence-corrected chi connectivity index (χ4v) is 1.29. The smallest absolute Gasteiger partial charge is 0.324 e. The lowest BCUT2D eigenvalue weighted by Crippen LogP contribution is -2.41. The number of hydrogen-bond donors (Lipinski definition) is 2. The summed E-state index contributed by atoms with van der Waals surface area (Å²) in [4.78, 5) is 11.4. The van der Waals surface area contributed by atoms with Crippen LogP contribution >= 0.6 is 11.6 Å². The first kappa shape index (κ1) is 14.6. The van der Waals surface area contributed by atoms with Crippen molar-refractivity contribution in [1.82, 2.24) is 5.32 Å². The van der Waals surface area contributed by atoms with Gasteiger partial charge in [-0.05, 0) is 18.2 Å². The Kier molecular flexibility index (Phi) is 4.39. The van der Waals surface area contributed by atoms with Crippen molar-refractivity contribution in [2.45, 2.75) is 12.3 Å². The van der Waals surface area contributed by atoms with Gasteiger partial charge in [-0.1, -0.05) is 11.6 Å². The average molecular weight is 285 g/mol. The molecule has 0 aliphatic rings. The number of hydrogen-bond acceptors (Lipinski definition) is 2. The van der Waals surface area contributed by atoms with Crippen LogP contribution in [0.3, 0.4) is 0 Å². The normalized spacial score (nSPS) is 11.7. The lowest BCUT2D eigenvalue weighted by Gasteiger charge is -2.16. The van der Waals surface area contributed by atoms with E-state index in [1.165, 1.54) is 18.2 Å². The van der Waals surface area contributed by atoms with Gasteiger partial charge in [-0.2, -0.15) is 8.78 Å². The number of benzene rings is 1. The summed E-state index contributed by atoms with van der Waals surface area (Å²) in [5.74, 6) is -5.25. The molecule has 0 radical (unpaired) electrons. The molecule has 0 saturated heterocycles. The fraction of sp³-hybridized carbons (Fsp3) is 0.300. The number of nitrogens with one attached hydrogen (secondary N) is 1. The van der Waals surface area contributed by atoms with E-state index in [4.69, 9.17) is 17.3 Å². The van der Waals surface area contributed by atoms with E-state index >= 15 is 0 Å². The van der Waals surface area contributed by atoms with Crippen LogP contribution in [0.2, 0.25) is 5.02 Å². The highest BCUT2D eigenvalue weighted by Gasteiger charge is 2.40. The number of nitrogen functional groups attached to an aromatic ring is 1. The van der Waals surface area contributed by atoms with Crippen LogP contribution < -0.4 is 11.1 Å². The standard InChI is InChI=1S/C10H9ClF4N2O/c11-5-1-2-6(7(16)3-5)8(18)17-4-10(14,15)9(12)13/h1-3,9H,4,16H2,(H,17,18). The molecule has 0 aliphatic heterocycles. The summed E-state index contributed by atoms with van der Waals surface area (Å²) in [6, 6.07) is 3.80. The molecule has 8 heteroatoms. The largest absolute Gasteiger partial charge is 0.398 e. The summed E-state index contributed by atoms with van der Waals surface area (Å²) >= 11 is 5.58. The zero-order valence-corrected chi connectivity index (χ0v) is 9.65. The molecule has 0 saturated carbocycles. The van der Waals surface area contributed by atoms with Gasteiger partial charge in [0.25, 0.3) is 5.91 Å². The Hall–Kier alpha value is -1.50. The van der Waals surface area contributed by atoms with Gasteiger partial charge in [-0.3, -0.25) is 4.79 Å². The van der Waals surface area contributed by atoms with E-state index in [2.05, 4.69) is 0 Å². The van der Waals surface area contributed by atoms with E-state index < -0.39 is 24.8 Å². The quantitative estimate of drug-likeness (QED) is 0.659. The zero-order chi connectivity index (χ0) is 13.9. The Morgan fingerprint density at radius 2 is 2.06 bits per heavy atom. The predicted molar refractivity (Wildman–Crippen MR) is 59.1 cm³/mol. The van der Waals surface area contributed by atoms with Gasteiger partial charge in [0.15, 0.2) is 0 Å². The third kappa shape index (κ3) is 3.49. The summed E-state index contributed by atoms with van der Waals surface area (Å²) in [5, 5.41) is 1.95. The Bertz CT molecular complexity index is 454. The molecule has 3 nitrogen and oxygen atoms in total. The second kappa shape index (κ2) is 5.43. The predicted octanol–water partition coefficient (Wildman–Crippen LogP) is 2.55. The molecule has 1 amide bonds. The topological polar surface area (TPSA) is 55.1 Å². The van der Waals surface area contributed by atoms with Crippen molar-refractivity contribution in [1.29, 1.82) is 0 Å². The minimum atomic E-state index is -4.28. The molecule has 0 aliphatic carbocycles. The summed E-state index contributed by atoms with van der Waals surface area (Å²) in [7, 11) is 0. The molecule has 0 fully saturated rings. The van der Waals surface area contributed by atoms with Gasteiger partial charge < -0.3 is 11.1 Å². The fourth-order valence-electron chi connectivity index (χ4n) is 1.11. The van der Waals surface area contributed by atoms with E-state index in [1.54, 1.807) is 5.32 Å². The van der Waals surface area contributed by atoms with Crippen molar-refractivity contribution in [3.63, 3.8) is 0 Å². The van der Waals surface area contributed by atoms with Crippen molar-refractivity contribution in [3.8, 4) is 0 Å². The highest BCUT2D eigenvalue weighted by molar-refractivity contribution is 6.31. The number of rotatable bonds is 4. The molecule has 1 aromatic rings. The Balaban J connectivity index is 2.72. The number of carbonyl (C=O) groups is 1. The van der Waals surface area contributed by atoms with E-state index in [-0.39, 0.29) is 16.3 Å². The molecule has 100 valence electrons. The van der Waals surface area contributed by atoms with Gasteiger partial charge in [0.1, 0.15) is 0 Å². The summed E-state index contributed by atoms with van der Waals surface area (Å²) in [5.41, 5.74) is 5.31. The number of anilines is 1. The maximum Gasteiger partial charge on any atom is 0.324 e. The molecule has 1 rings (SSSR count). The second-order valence-electron chi connectivity index (χ2n) is 3.48. The number of amides is 1. The molecule has 0 heterocycles. The van der Waals surface area contributed by atoms with Gasteiger partial charge >= 0.3 is 12.3 Å². The second-order valence-corrected chi connectivity index (χ2v) is 3.91. The maximum absolute atomic E-state index is 12.6. The number of alkyl halides is 4. The van der Waals surface area contributed by atoms with Crippen molar-refractivity contribution in [3.05, 3.63) is 28.8 Å². The number of nitrogens with two attached hydrogens (primary N) is 1. The van der Waals surface area contributed by atoms with E-state index in [9.17, 15) is 22.4 Å². The van der Waals surface area contributed by atoms with E-state index in [0.29, 0.717) is 0 Å². The van der Waals surface area contributed by atoms with E-state index in [1.807, 2.05) is 0 Å². The van der Waals surface area contributed by atoms with Crippen LogP contribution in [0.4, 0.5) is 23.2 Å². The van der Waals surface area contributed by atoms with Crippen LogP contribution in [0.15, 0.2) is 18.2 Å². The Morgan fingerprint density at radius 3 is 2.56 bits per heavy atom. The molecule has 0 unspecified atom stereocenters. The minimum Gasteiger partial charge on any atom is -0.398 e. The SMILES string of the molecule is Nc1cc(Cl)ccc1C(=O)NCC(F)(F)C(F)F. The first-order chi connectivity index (χ1) is 8.24. The molecule has 0 atom stereocenters. The lowest BCUT2D eigenvalue weighted by molar-refractivity contribution is -0.123. The highest BCUT2D eigenvalue weighted by atomic mass is 35.5. The monoisotopic (exact) mass is 284 g/mol. The van der Waals surface area contributed by atoms with Crippen LogP contribution in [0.5, 0.6) is 0 Å². The summed E-state index contributed by atoms with van der Waals surface area (Å²) in [6.45, 7) is -1.47. The van der Waals surface area contributed by atoms with Crippen LogP contribution in [-0.4, -0.2) is 24.8 Å². The summed E-state index contributed by atoms with van der Waals surface area (Å²) in [6.07, 6.45) is -3.85. The molecule has 0 aromatic heterocycles. The van der Waals surface area contributed by atoms with Gasteiger partial charge in [0.05, 0.1) is 12.1 Å². The van der Waals surface area contributed by atoms with Crippen LogP contribution in [0, 0.1) is 0 Å². The van der Waals surface area contributed by atoms with Gasteiger partial charge in [-0.15, -0.1) is 0 Å². The van der Waals surface area contributed by atoms with Crippen LogP contribution in [0.1, 0.15) is 10.4 Å². The average Bonchev–Trinajstić information content (AvgIpc) is 2.25. The highest BCUT2D eigenvalue weighted by Crippen LogP contribution is 2.22.